The van der Waals surface area contributed by atoms with Crippen LogP contribution in [0.25, 0.3) is 0 Å². The van der Waals surface area contributed by atoms with E-state index in [4.69, 9.17) is 0 Å². The molecule has 0 bridgehead atoms. The second-order valence-corrected chi connectivity index (χ2v) is 6.29. The monoisotopic (exact) mass is 540 g/mol. The summed E-state index contributed by atoms with van der Waals surface area (Å²) < 4.78 is 43.5. The van der Waals surface area contributed by atoms with E-state index in [9.17, 15) is 13.2 Å². The van der Waals surface area contributed by atoms with Crippen LogP contribution in [0.4, 0.5) is 13.2 Å². The van der Waals surface area contributed by atoms with Crippen molar-refractivity contribution in [1.82, 2.24) is 14.8 Å². The van der Waals surface area contributed by atoms with E-state index >= 15 is 0 Å². The lowest BCUT2D eigenvalue weighted by atomic mass is 10.4. The number of aromatic nitrogens is 1. The zero-order chi connectivity index (χ0) is 18.2. The predicted molar refractivity (Wildman–Crippen MR) is 107 cm³/mol. The Labute approximate surface area is 172 Å². The van der Waals surface area contributed by atoms with Crippen LogP contribution in [0.5, 0.6) is 0 Å². The average molecular weight is 541 g/mol. The molecule has 1 N–H and O–H groups in total. The van der Waals surface area contributed by atoms with Crippen molar-refractivity contribution >= 4 is 45.9 Å². The molecule has 0 aromatic carbocycles. The molecule has 1 aromatic rings. The third-order valence-electron chi connectivity index (χ3n) is 3.14. The van der Waals surface area contributed by atoms with Crippen LogP contribution in [-0.2, 0) is 18.3 Å². The highest BCUT2D eigenvalue weighted by molar-refractivity contribution is 14.0. The molecule has 10 heteroatoms. The molecule has 0 saturated heterocycles. The Morgan fingerprint density at radius 1 is 1.44 bits per heavy atom. The number of nitrogens with one attached hydrogen (secondary N) is 1. The van der Waals surface area contributed by atoms with E-state index in [1.165, 1.54) is 0 Å². The summed E-state index contributed by atoms with van der Waals surface area (Å²) >= 11 is 3.44. The quantitative estimate of drug-likeness (QED) is 0.236. The van der Waals surface area contributed by atoms with Gasteiger partial charge in [0.25, 0.3) is 0 Å². The van der Waals surface area contributed by atoms with Gasteiger partial charge in [-0.25, -0.2) is 0 Å². The second kappa shape index (κ2) is 12.0. The van der Waals surface area contributed by atoms with Gasteiger partial charge in [-0.2, -0.15) is 13.2 Å². The summed E-state index contributed by atoms with van der Waals surface area (Å²) in [5.41, 5.74) is 1.11. The van der Waals surface area contributed by atoms with E-state index < -0.39 is 12.8 Å². The Morgan fingerprint density at radius 2 is 2.12 bits per heavy atom. The highest BCUT2D eigenvalue weighted by Gasteiger charge is 2.27. The maximum absolute atomic E-state index is 12.0. The smallest absolute Gasteiger partial charge is 0.372 e. The number of nitrogens with zero attached hydrogens (tertiary/aromatic N) is 3. The first-order valence-corrected chi connectivity index (χ1v) is 8.47. The molecule has 5 nitrogen and oxygen atoms in total. The summed E-state index contributed by atoms with van der Waals surface area (Å²) in [6.45, 7) is 2.58. The Kier molecular flexibility index (Phi) is 11.8. The molecular formula is C15H25BrF3IN4O. The molecule has 146 valence electrons. The zero-order valence-electron chi connectivity index (χ0n) is 14.6. The van der Waals surface area contributed by atoms with Crippen LogP contribution in [0.15, 0.2) is 21.7 Å². The molecule has 0 amide bonds. The number of alkyl halides is 3. The van der Waals surface area contributed by atoms with E-state index in [0.717, 1.165) is 10.2 Å². The maximum Gasteiger partial charge on any atom is 0.411 e. The number of guanidine groups is 1. The molecule has 0 fully saturated rings. The van der Waals surface area contributed by atoms with Crippen LogP contribution < -0.4 is 5.32 Å². The minimum Gasteiger partial charge on any atom is -0.372 e. The Balaban J connectivity index is 0.00000576. The van der Waals surface area contributed by atoms with Crippen LogP contribution >= 0.6 is 39.9 Å². The van der Waals surface area contributed by atoms with Crippen LogP contribution in [0.1, 0.15) is 19.0 Å². The standard InChI is InChI=1S/C15H24BrF3N4O.HI/c1-4-20-14(21-6-5-7-24-11-15(17,18)19)23(3)10-13-8-12(16)9-22(13)2;/h8-9H,4-7,10-11H2,1-3H3,(H,20,21);1H. The molecular weight excluding hydrogens is 516 g/mol. The molecule has 1 rings (SSSR count). The fraction of sp³-hybridized carbons (Fsp3) is 0.667. The van der Waals surface area contributed by atoms with Crippen LogP contribution in [0.3, 0.4) is 0 Å². The van der Waals surface area contributed by atoms with E-state index in [2.05, 4.69) is 31.0 Å². The van der Waals surface area contributed by atoms with Crippen molar-refractivity contribution in [3.8, 4) is 0 Å². The summed E-state index contributed by atoms with van der Waals surface area (Å²) in [5, 5.41) is 3.18. The fourth-order valence-electron chi connectivity index (χ4n) is 2.05. The summed E-state index contributed by atoms with van der Waals surface area (Å²) in [6.07, 6.45) is -1.86. The van der Waals surface area contributed by atoms with E-state index in [-0.39, 0.29) is 30.6 Å². The molecule has 0 atom stereocenters. The van der Waals surface area contributed by atoms with Gasteiger partial charge >= 0.3 is 6.18 Å². The van der Waals surface area contributed by atoms with Crippen molar-refractivity contribution in [2.75, 3.05) is 33.4 Å². The Morgan fingerprint density at radius 3 is 2.64 bits per heavy atom. The minimum absolute atomic E-state index is 0. The van der Waals surface area contributed by atoms with Gasteiger partial charge in [0.1, 0.15) is 6.61 Å². The molecule has 25 heavy (non-hydrogen) atoms. The normalized spacial score (nSPS) is 12.0. The van der Waals surface area contributed by atoms with Gasteiger partial charge < -0.3 is 19.5 Å². The van der Waals surface area contributed by atoms with Crippen molar-refractivity contribution in [1.29, 1.82) is 0 Å². The lowest BCUT2D eigenvalue weighted by Gasteiger charge is -2.22. The van der Waals surface area contributed by atoms with E-state index in [1.807, 2.05) is 42.7 Å². The first-order valence-electron chi connectivity index (χ1n) is 7.67. The number of aliphatic imine (C=N–C) groups is 1. The highest BCUT2D eigenvalue weighted by Crippen LogP contribution is 2.15. The van der Waals surface area contributed by atoms with Crippen molar-refractivity contribution in [3.63, 3.8) is 0 Å². The fourth-order valence-corrected chi connectivity index (χ4v) is 2.62. The number of rotatable bonds is 8. The topological polar surface area (TPSA) is 41.8 Å². The van der Waals surface area contributed by atoms with E-state index in [1.54, 1.807) is 0 Å². The van der Waals surface area contributed by atoms with Gasteiger partial charge in [0.15, 0.2) is 5.96 Å². The summed E-state index contributed by atoms with van der Waals surface area (Å²) in [4.78, 5) is 6.40. The van der Waals surface area contributed by atoms with Crippen molar-refractivity contribution in [2.24, 2.45) is 12.0 Å². The number of ether oxygens (including phenoxy) is 1. The van der Waals surface area contributed by atoms with Crippen LogP contribution in [0.2, 0.25) is 0 Å². The Hall–Kier alpha value is -0.490. The van der Waals surface area contributed by atoms with Crippen molar-refractivity contribution < 1.29 is 17.9 Å². The van der Waals surface area contributed by atoms with Crippen molar-refractivity contribution in [2.45, 2.75) is 26.1 Å². The third-order valence-corrected chi connectivity index (χ3v) is 3.58. The van der Waals surface area contributed by atoms with E-state index in [0.29, 0.717) is 32.0 Å². The highest BCUT2D eigenvalue weighted by atomic mass is 127. The van der Waals surface area contributed by atoms with Crippen LogP contribution in [0, 0.1) is 0 Å². The number of hydrogen-bond acceptors (Lipinski definition) is 2. The molecule has 0 saturated carbocycles. The summed E-state index contributed by atoms with van der Waals surface area (Å²) in [7, 11) is 3.89. The molecule has 0 aliphatic rings. The minimum atomic E-state index is -4.28. The van der Waals surface area contributed by atoms with Gasteiger partial charge in [0.05, 0.1) is 6.54 Å². The predicted octanol–water partition coefficient (Wildman–Crippen LogP) is 3.77. The van der Waals surface area contributed by atoms with Gasteiger partial charge in [0, 0.05) is 50.2 Å². The zero-order valence-corrected chi connectivity index (χ0v) is 18.5. The van der Waals surface area contributed by atoms with Crippen molar-refractivity contribution in [3.05, 3.63) is 22.4 Å². The molecule has 1 aromatic heterocycles. The largest absolute Gasteiger partial charge is 0.411 e. The Bertz CT molecular complexity index is 537. The molecule has 0 aliphatic heterocycles. The number of hydrogen-bond donors (Lipinski definition) is 1. The van der Waals surface area contributed by atoms with Gasteiger partial charge in [-0.15, -0.1) is 24.0 Å². The molecule has 1 heterocycles. The molecule has 0 aliphatic carbocycles. The average Bonchev–Trinajstić information content (AvgIpc) is 2.78. The molecule has 0 radical (unpaired) electrons. The summed E-state index contributed by atoms with van der Waals surface area (Å²) in [5.74, 6) is 0.714. The first kappa shape index (κ1) is 24.5. The number of halogens is 5. The van der Waals surface area contributed by atoms with Crippen LogP contribution in [-0.4, -0.2) is 55.0 Å². The van der Waals surface area contributed by atoms with Gasteiger partial charge in [-0.3, -0.25) is 4.99 Å². The molecule has 0 spiro atoms. The molecule has 0 unspecified atom stereocenters. The number of aryl methyl sites for hydroxylation is 1. The first-order chi connectivity index (χ1) is 11.2. The maximum atomic E-state index is 12.0. The third kappa shape index (κ3) is 10.3. The SMILES string of the molecule is CCNC(=NCCCOCC(F)(F)F)N(C)Cc1cc(Br)cn1C.I. The van der Waals surface area contributed by atoms with Gasteiger partial charge in [-0.05, 0) is 35.3 Å². The van der Waals surface area contributed by atoms with Gasteiger partial charge in [-0.1, -0.05) is 0 Å². The summed E-state index contributed by atoms with van der Waals surface area (Å²) in [6, 6.07) is 2.03. The lowest BCUT2D eigenvalue weighted by molar-refractivity contribution is -0.173. The lowest BCUT2D eigenvalue weighted by Crippen LogP contribution is -2.39. The van der Waals surface area contributed by atoms with Gasteiger partial charge in [0.2, 0.25) is 0 Å². The second-order valence-electron chi connectivity index (χ2n) is 5.37.